The predicted molar refractivity (Wildman–Crippen MR) is 42.2 cm³/mol. The first-order chi connectivity index (χ1) is 4.92. The molecular weight excluding hydrogens is 122 g/mol. The van der Waals surface area contributed by atoms with Crippen molar-refractivity contribution in [3.05, 3.63) is 35.6 Å². The van der Waals surface area contributed by atoms with E-state index in [-0.39, 0.29) is 0 Å². The van der Waals surface area contributed by atoms with Gasteiger partial charge in [0.25, 0.3) is 0 Å². The van der Waals surface area contributed by atoms with Crippen LogP contribution in [0.5, 0.6) is 0 Å². The van der Waals surface area contributed by atoms with Crippen LogP contribution >= 0.6 is 0 Å². The molecule has 1 nitrogen and oxygen atoms in total. The van der Waals surface area contributed by atoms with E-state index in [2.05, 4.69) is 18.2 Å². The summed E-state index contributed by atoms with van der Waals surface area (Å²) in [5.41, 5.74) is 8.22. The molecule has 1 heteroatoms. The van der Waals surface area contributed by atoms with Crippen molar-refractivity contribution < 1.29 is 0 Å². The van der Waals surface area contributed by atoms with Crippen molar-refractivity contribution in [2.75, 3.05) is 0 Å². The Morgan fingerprint density at radius 1 is 1.60 bits per heavy atom. The molecule has 0 amide bonds. The molecule has 0 spiro atoms. The van der Waals surface area contributed by atoms with Crippen LogP contribution in [0.3, 0.4) is 0 Å². The maximum absolute atomic E-state index is 5.41. The van der Waals surface area contributed by atoms with Gasteiger partial charge in [-0.1, -0.05) is 18.2 Å². The fourth-order valence-electron chi connectivity index (χ4n) is 1.66. The molecule has 0 aliphatic heterocycles. The van der Waals surface area contributed by atoms with Crippen LogP contribution in [0, 0.1) is 5.92 Å². The van der Waals surface area contributed by atoms with Crippen LogP contribution in [0.1, 0.15) is 12.8 Å². The van der Waals surface area contributed by atoms with E-state index in [0.717, 1.165) is 5.92 Å². The van der Waals surface area contributed by atoms with E-state index in [9.17, 15) is 0 Å². The van der Waals surface area contributed by atoms with Crippen molar-refractivity contribution in [3.63, 3.8) is 0 Å². The largest absolute Gasteiger partial charge is 0.404 e. The van der Waals surface area contributed by atoms with Gasteiger partial charge in [-0.25, -0.2) is 0 Å². The summed E-state index contributed by atoms with van der Waals surface area (Å²) >= 11 is 0. The lowest BCUT2D eigenvalue weighted by molar-refractivity contribution is 0.536. The zero-order valence-electron chi connectivity index (χ0n) is 5.88. The number of nitrogens with two attached hydrogens (primary N) is 1. The quantitative estimate of drug-likeness (QED) is 0.535. The molecule has 2 aliphatic rings. The average molecular weight is 133 g/mol. The Balaban J connectivity index is 2.27. The highest BCUT2D eigenvalue weighted by Gasteiger charge is 2.28. The summed E-state index contributed by atoms with van der Waals surface area (Å²) in [6, 6.07) is 0. The Morgan fingerprint density at radius 3 is 3.20 bits per heavy atom. The second-order valence-corrected chi connectivity index (χ2v) is 2.88. The van der Waals surface area contributed by atoms with Gasteiger partial charge in [-0.15, -0.1) is 0 Å². The second-order valence-electron chi connectivity index (χ2n) is 2.88. The van der Waals surface area contributed by atoms with E-state index in [4.69, 9.17) is 5.73 Å². The number of hydrogen-bond acceptors (Lipinski definition) is 1. The van der Waals surface area contributed by atoms with Gasteiger partial charge in [0.1, 0.15) is 0 Å². The lowest BCUT2D eigenvalue weighted by Gasteiger charge is -2.33. The minimum Gasteiger partial charge on any atom is -0.404 e. The molecule has 0 radical (unpaired) electrons. The van der Waals surface area contributed by atoms with Crippen LogP contribution in [-0.4, -0.2) is 0 Å². The van der Waals surface area contributed by atoms with E-state index < -0.39 is 0 Å². The molecule has 0 saturated heterocycles. The summed E-state index contributed by atoms with van der Waals surface area (Å²) < 4.78 is 0. The van der Waals surface area contributed by atoms with Crippen molar-refractivity contribution in [1.82, 2.24) is 0 Å². The molecule has 0 aromatic carbocycles. The molecule has 1 atom stereocenters. The first-order valence-corrected chi connectivity index (χ1v) is 3.69. The van der Waals surface area contributed by atoms with E-state index in [1.54, 1.807) is 6.20 Å². The summed E-state index contributed by atoms with van der Waals surface area (Å²) in [6.45, 7) is 0. The molecule has 1 unspecified atom stereocenters. The van der Waals surface area contributed by atoms with Crippen LogP contribution in [-0.2, 0) is 0 Å². The standard InChI is InChI=1S/C9H11N/c10-6-8-5-7-3-1-2-4-9(7)8/h1-2,4,6-7H,3,5,10H2. The highest BCUT2D eigenvalue weighted by Crippen LogP contribution is 2.42. The molecule has 1 saturated carbocycles. The Hall–Kier alpha value is -0.980. The number of allylic oxidation sites excluding steroid dienone is 5. The Labute approximate surface area is 60.9 Å². The second kappa shape index (κ2) is 2.01. The van der Waals surface area contributed by atoms with Gasteiger partial charge in [-0.05, 0) is 36.1 Å². The van der Waals surface area contributed by atoms with Gasteiger partial charge in [-0.3, -0.25) is 0 Å². The summed E-state index contributed by atoms with van der Waals surface area (Å²) in [5.74, 6) is 0.791. The van der Waals surface area contributed by atoms with E-state index in [1.165, 1.54) is 24.0 Å². The summed E-state index contributed by atoms with van der Waals surface area (Å²) in [6.07, 6.45) is 10.7. The normalized spacial score (nSPS) is 33.0. The molecule has 2 rings (SSSR count). The van der Waals surface area contributed by atoms with E-state index in [0.29, 0.717) is 0 Å². The highest BCUT2D eigenvalue weighted by atomic mass is 14.5. The topological polar surface area (TPSA) is 26.0 Å². The molecule has 1 fully saturated rings. The SMILES string of the molecule is NC=C1CC2CC=CC=C12. The van der Waals surface area contributed by atoms with Crippen molar-refractivity contribution in [1.29, 1.82) is 0 Å². The predicted octanol–water partition coefficient (Wildman–Crippen LogP) is 1.74. The summed E-state index contributed by atoms with van der Waals surface area (Å²) in [5, 5.41) is 0. The van der Waals surface area contributed by atoms with Crippen LogP contribution in [0.4, 0.5) is 0 Å². The summed E-state index contributed by atoms with van der Waals surface area (Å²) in [4.78, 5) is 0. The lowest BCUT2D eigenvalue weighted by Crippen LogP contribution is -2.20. The van der Waals surface area contributed by atoms with Crippen molar-refractivity contribution in [3.8, 4) is 0 Å². The average Bonchev–Trinajstić information content (AvgIpc) is 1.92. The van der Waals surface area contributed by atoms with E-state index >= 15 is 0 Å². The van der Waals surface area contributed by atoms with Gasteiger partial charge in [0.05, 0.1) is 0 Å². The maximum atomic E-state index is 5.41. The molecule has 10 heavy (non-hydrogen) atoms. The third kappa shape index (κ3) is 0.635. The Kier molecular flexibility index (Phi) is 1.16. The molecule has 2 N–H and O–H groups in total. The van der Waals surface area contributed by atoms with Crippen LogP contribution < -0.4 is 5.73 Å². The van der Waals surface area contributed by atoms with Crippen molar-refractivity contribution in [2.24, 2.45) is 11.7 Å². The first-order valence-electron chi connectivity index (χ1n) is 3.69. The third-order valence-electron chi connectivity index (χ3n) is 2.31. The molecule has 52 valence electrons. The van der Waals surface area contributed by atoms with Crippen LogP contribution in [0.25, 0.3) is 0 Å². The highest BCUT2D eigenvalue weighted by molar-refractivity contribution is 5.46. The first kappa shape index (κ1) is 5.78. The molecule has 0 heterocycles. The molecule has 2 aliphatic carbocycles. The lowest BCUT2D eigenvalue weighted by atomic mass is 9.71. The zero-order chi connectivity index (χ0) is 6.97. The van der Waals surface area contributed by atoms with Crippen molar-refractivity contribution >= 4 is 0 Å². The molecule has 0 aromatic rings. The third-order valence-corrected chi connectivity index (χ3v) is 2.31. The monoisotopic (exact) mass is 133 g/mol. The maximum Gasteiger partial charge on any atom is -0.00266 e. The fraction of sp³-hybridized carbons (Fsp3) is 0.333. The minimum atomic E-state index is 0.791. The van der Waals surface area contributed by atoms with Gasteiger partial charge in [0, 0.05) is 0 Å². The Morgan fingerprint density at radius 2 is 2.50 bits per heavy atom. The fourth-order valence-corrected chi connectivity index (χ4v) is 1.66. The zero-order valence-corrected chi connectivity index (χ0v) is 5.88. The number of hydrogen-bond donors (Lipinski definition) is 1. The minimum absolute atomic E-state index is 0.791. The van der Waals surface area contributed by atoms with Crippen LogP contribution in [0.15, 0.2) is 35.6 Å². The van der Waals surface area contributed by atoms with Gasteiger partial charge in [-0.2, -0.15) is 0 Å². The van der Waals surface area contributed by atoms with Crippen LogP contribution in [0.2, 0.25) is 0 Å². The molecule has 0 bridgehead atoms. The number of rotatable bonds is 0. The van der Waals surface area contributed by atoms with Gasteiger partial charge in [0.15, 0.2) is 0 Å². The molecular formula is C9H11N. The molecule has 0 aromatic heterocycles. The number of fused-ring (bicyclic) bond motifs is 1. The van der Waals surface area contributed by atoms with Crippen molar-refractivity contribution in [2.45, 2.75) is 12.8 Å². The van der Waals surface area contributed by atoms with Gasteiger partial charge >= 0.3 is 0 Å². The summed E-state index contributed by atoms with van der Waals surface area (Å²) in [7, 11) is 0. The smallest absolute Gasteiger partial charge is 0.00266 e. The Bertz CT molecular complexity index is 233. The van der Waals surface area contributed by atoms with Gasteiger partial charge in [0.2, 0.25) is 0 Å². The van der Waals surface area contributed by atoms with Gasteiger partial charge < -0.3 is 5.73 Å². The van der Waals surface area contributed by atoms with E-state index in [1.807, 2.05) is 0 Å².